The average molecular weight is 1880 g/mol. The minimum atomic E-state index is -4.53. The Morgan fingerprint density at radius 2 is 0.842 bits per heavy atom. The molecule has 0 bridgehead atoms. The molecule has 11 N–H and O–H groups in total. The van der Waals surface area contributed by atoms with Crippen LogP contribution in [0.1, 0.15) is 267 Å². The molecule has 5 aromatic heterocycles. The van der Waals surface area contributed by atoms with Gasteiger partial charge in [-0.25, -0.2) is 39.1 Å². The van der Waals surface area contributed by atoms with Crippen LogP contribution in [0.3, 0.4) is 0 Å². The SMILES string of the molecule is CC[C@@H]1[C@H]2OC(C)(C)O[C@@]2(C)[C@H](/C(C#N)=C/O)N1C(=O)OC(C)(C)C.CC[C@@H]1[C@H]2OC(C)(C)O[C@@]2(C)[C@H](/C(C#N)=C/OS(=O)(=O)C#N)N1C(=O)OC(C)(C)C.CC[C@@H]1[C@H]2OC(C)(C)O[C@@]2(C)[C@H](c2coc(C#N)c2N)N1C(=O)OC(C)(C)C.CC[C@@H]1[C@H]2OC(C)(C)O[C@@]2(C)[C@H](c2coc3c(N)ncnc23)N1C(=O)OC(C)(C)C.C[C@@]1(O)[C@H](O)[C@@H](CO)N[C@H]1c1coc2c(N)ncnc12. The molecule has 0 radical (unpaired) electrons. The fourth-order valence-corrected chi connectivity index (χ4v) is 20.2. The molecule has 0 spiro atoms. The molecule has 0 aliphatic carbocycles. The van der Waals surface area contributed by atoms with E-state index in [1.807, 2.05) is 136 Å². The van der Waals surface area contributed by atoms with Gasteiger partial charge in [0.2, 0.25) is 11.2 Å². The molecule has 0 unspecified atom stereocenters. The number of hydrogen-bond donors (Lipinski definition) is 8. The molecule has 9 aliphatic rings. The molecule has 9 fully saturated rings. The summed E-state index contributed by atoms with van der Waals surface area (Å²) in [4.78, 5) is 75.0. The van der Waals surface area contributed by atoms with Crippen LogP contribution < -0.4 is 22.5 Å². The van der Waals surface area contributed by atoms with Gasteiger partial charge in [0.05, 0.1) is 96.8 Å². The summed E-state index contributed by atoms with van der Waals surface area (Å²) >= 11 is 0. The molecule has 4 amide bonds. The molecule has 9 aliphatic heterocycles. The third kappa shape index (κ3) is 20.4. The molecule has 14 heterocycles. The second kappa shape index (κ2) is 37.0. The van der Waals surface area contributed by atoms with Crippen molar-refractivity contribution in [3.8, 4) is 23.6 Å². The van der Waals surface area contributed by atoms with Crippen molar-refractivity contribution in [2.45, 2.75) is 391 Å². The number of likely N-dealkylation sites (tertiary alicyclic amines) is 4. The fraction of sp³-hybridized carbons (Fsp3) is 0.689. The van der Waals surface area contributed by atoms with Crippen molar-refractivity contribution in [2.75, 3.05) is 23.8 Å². The third-order valence-electron chi connectivity index (χ3n) is 24.2. The molecule has 43 heteroatoms. The van der Waals surface area contributed by atoms with Gasteiger partial charge in [-0.3, -0.25) is 24.9 Å². The van der Waals surface area contributed by atoms with Gasteiger partial charge in [-0.15, -0.1) is 0 Å². The zero-order chi connectivity index (χ0) is 99.9. The van der Waals surface area contributed by atoms with E-state index in [0.29, 0.717) is 70.8 Å². The first-order valence-corrected chi connectivity index (χ1v) is 45.4. The number of fused-ring (bicyclic) bond motifs is 6. The number of amides is 4. The Hall–Kier alpha value is -10.5. The predicted molar refractivity (Wildman–Crippen MR) is 475 cm³/mol. The third-order valence-corrected chi connectivity index (χ3v) is 24.8. The van der Waals surface area contributed by atoms with Crippen LogP contribution in [0, 0.1) is 44.7 Å². The van der Waals surface area contributed by atoms with E-state index in [2.05, 4.69) is 29.4 Å². The highest BCUT2D eigenvalue weighted by Crippen LogP contribution is 2.60. The highest BCUT2D eigenvalue weighted by atomic mass is 32.2. The number of aliphatic hydroxyl groups excluding tert-OH is 3. The minimum Gasteiger partial charge on any atom is -0.514 e. The van der Waals surface area contributed by atoms with Gasteiger partial charge in [-0.1, -0.05) is 27.7 Å². The van der Waals surface area contributed by atoms with Crippen molar-refractivity contribution in [3.05, 3.63) is 77.6 Å². The Labute approximate surface area is 774 Å². The Balaban J connectivity index is 0.000000173. The minimum absolute atomic E-state index is 0.0115. The van der Waals surface area contributed by atoms with Gasteiger partial charge < -0.3 is 112 Å². The standard InChI is InChI=1S/C21H30N4O5.C20H29N3O5.C19H27N3O7S.C18H28N2O5.C12H16N4O4/c1-8-12-16-21(7,30-20(5,6)28-16)15(25(12)18(26)29-19(2,3)4)11-9-27-14-13(11)23-10-24-17(14)22;1-8-12-16-20(7,28-19(5,6)26-16)15(11-10-25-13(9-21)14(11)22)23(12)17(24)27-18(2,3)4;1-8-13-15-19(7,29-18(5,6)27-15)14(22(13)16(23)28-17(2,3)4)12(9-20)10-26-30(24,25)11-21;1-8-12-14-18(7,25-17(5,6)23-14)13(11(9-19)10-21)20(12)15(22)24-16(2,3)4;1-12(19)9(16-6(2-17)10(12)18)5-3-20-8-7(5)14-4-15-11(8)13/h9-10,12,15-16H,8H2,1-7H3,(H2,22,23,24);10,12,15-16H,8,22H2,1-7H3;10,13-15H,8H2,1-7H3;10,12-14,21H,8H2,1-7H3;3-4,6,9-10,16-19H,2H2,1H3,(H2,13,14,15)/b;;12-10+;11-10+;/t12-,15+,16-,21+;12-,15+,16-,20+;13-,14+,15-,19+;12-,13+,14-,18+;6-,9+,10-,12+/m11111/s1. The first-order valence-electron chi connectivity index (χ1n) is 43.9. The van der Waals surface area contributed by atoms with Crippen LogP contribution in [-0.4, -0.2) is 246 Å². The summed E-state index contributed by atoms with van der Waals surface area (Å²) in [5.41, 5.74) is 13.2. The second-order valence-electron chi connectivity index (χ2n) is 40.8. The second-order valence-corrected chi connectivity index (χ2v) is 42.1. The number of thiocyanates is 1. The van der Waals surface area contributed by atoms with E-state index in [1.54, 1.807) is 92.2 Å². The Morgan fingerprint density at radius 1 is 0.511 bits per heavy atom. The van der Waals surface area contributed by atoms with Gasteiger partial charge in [0, 0.05) is 16.7 Å². The van der Waals surface area contributed by atoms with Crippen LogP contribution in [-0.2, 0) is 71.1 Å². The van der Waals surface area contributed by atoms with Gasteiger partial charge in [-0.05, 0) is 199 Å². The first kappa shape index (κ1) is 105. The fourth-order valence-electron chi connectivity index (χ4n) is 19.9. The number of rotatable bonds is 12. The Kier molecular flexibility index (Phi) is 29.1. The van der Waals surface area contributed by atoms with Gasteiger partial charge in [0.25, 0.3) is 0 Å². The van der Waals surface area contributed by atoms with Crippen molar-refractivity contribution in [2.24, 2.45) is 0 Å². The summed E-state index contributed by atoms with van der Waals surface area (Å²) in [6.07, 6.45) is 5.81. The smallest absolute Gasteiger partial charge is 0.411 e. The van der Waals surface area contributed by atoms with E-state index in [1.165, 1.54) is 41.9 Å². The molecule has 14 rings (SSSR count). The van der Waals surface area contributed by atoms with Gasteiger partial charge in [0.1, 0.15) is 141 Å². The quantitative estimate of drug-likeness (QED) is 0.0144. The molecule has 0 saturated carbocycles. The maximum atomic E-state index is 13.4. The number of carbonyl (C=O) groups is 4. The molecule has 732 valence electrons. The van der Waals surface area contributed by atoms with Crippen molar-refractivity contribution in [1.29, 1.82) is 21.0 Å². The number of aliphatic hydroxyl groups is 4. The summed E-state index contributed by atoms with van der Waals surface area (Å²) in [5.74, 6) is -2.99. The first-order chi connectivity index (χ1) is 61.2. The van der Waals surface area contributed by atoms with E-state index in [-0.39, 0.29) is 71.2 Å². The summed E-state index contributed by atoms with van der Waals surface area (Å²) in [7, 11) is -4.53. The highest BCUT2D eigenvalue weighted by molar-refractivity contribution is 7.91. The number of aromatic nitrogens is 4. The topological polar surface area (TPSA) is 593 Å². The number of nitrogen functional groups attached to an aromatic ring is 3. The number of nitrogens with zero attached hydrogens (tertiary/aromatic N) is 12. The zero-order valence-corrected chi connectivity index (χ0v) is 81.8. The number of nitrogens with one attached hydrogen (secondary N) is 1. The molecule has 0 aromatic carbocycles. The Morgan fingerprint density at radius 3 is 1.17 bits per heavy atom. The van der Waals surface area contributed by atoms with E-state index in [0.717, 1.165) is 11.7 Å². The summed E-state index contributed by atoms with van der Waals surface area (Å²) in [5, 5.41) is 80.5. The van der Waals surface area contributed by atoms with Crippen molar-refractivity contribution >= 4 is 74.0 Å². The lowest BCUT2D eigenvalue weighted by atomic mass is 9.88. The van der Waals surface area contributed by atoms with Gasteiger partial charge in [-0.2, -0.15) is 29.5 Å². The molecule has 42 nitrogen and oxygen atoms in total. The van der Waals surface area contributed by atoms with E-state index in [9.17, 15) is 63.8 Å². The maximum absolute atomic E-state index is 13.4. The summed E-state index contributed by atoms with van der Waals surface area (Å²) < 4.78 is 116. The van der Waals surface area contributed by atoms with E-state index >= 15 is 0 Å². The number of carbonyl (C=O) groups excluding carboxylic acids is 4. The van der Waals surface area contributed by atoms with Crippen LogP contribution in [0.2, 0.25) is 0 Å². The lowest BCUT2D eigenvalue weighted by Gasteiger charge is -2.37. The largest absolute Gasteiger partial charge is 0.514 e. The highest BCUT2D eigenvalue weighted by Gasteiger charge is 2.72. The predicted octanol–water partition coefficient (Wildman–Crippen LogP) is 12.2. The van der Waals surface area contributed by atoms with Crippen LogP contribution in [0.25, 0.3) is 22.2 Å². The molecule has 5 aromatic rings. The number of ether oxygens (including phenoxy) is 12. The van der Waals surface area contributed by atoms with Gasteiger partial charge in [0.15, 0.2) is 46.0 Å². The normalized spacial score (nSPS) is 32.1. The molecule has 20 atom stereocenters. The number of furan rings is 3. The lowest BCUT2D eigenvalue weighted by molar-refractivity contribution is -0.183. The van der Waals surface area contributed by atoms with Crippen LogP contribution in [0.5, 0.6) is 0 Å². The van der Waals surface area contributed by atoms with Gasteiger partial charge >= 0.3 is 34.5 Å². The monoisotopic (exact) mass is 1880 g/mol. The maximum Gasteiger partial charge on any atom is 0.411 e. The number of nitriles is 4. The Bertz CT molecular complexity index is 5520. The van der Waals surface area contributed by atoms with Crippen LogP contribution in [0.4, 0.5) is 36.5 Å². The molecular formula is C90H130N16O26S. The molecular weight excluding hydrogens is 1750 g/mol. The van der Waals surface area contributed by atoms with Crippen molar-refractivity contribution < 1.29 is 122 Å². The average Bonchev–Trinajstić information content (AvgIpc) is 1.54. The van der Waals surface area contributed by atoms with Crippen molar-refractivity contribution in [3.63, 3.8) is 0 Å². The summed E-state index contributed by atoms with van der Waals surface area (Å²) in [6.45, 7) is 52.3. The van der Waals surface area contributed by atoms with E-state index < -0.39 is 169 Å². The van der Waals surface area contributed by atoms with Crippen LogP contribution >= 0.6 is 0 Å². The number of anilines is 3. The molecule has 9 saturated heterocycles. The zero-order valence-electron chi connectivity index (χ0n) is 81.0. The van der Waals surface area contributed by atoms with E-state index in [4.69, 9.17) is 92.6 Å². The van der Waals surface area contributed by atoms with Crippen molar-refractivity contribution in [1.82, 2.24) is 44.9 Å². The van der Waals surface area contributed by atoms with Crippen LogP contribution in [0.15, 0.2) is 68.4 Å². The lowest BCUT2D eigenvalue weighted by Crippen LogP contribution is -2.51. The number of hydrogen-bond acceptors (Lipinski definition) is 38. The summed E-state index contributed by atoms with van der Waals surface area (Å²) in [6, 6.07) is 0.117. The number of nitrogens with two attached hydrogens (primary N) is 3. The molecule has 133 heavy (non-hydrogen) atoms.